The van der Waals surface area contributed by atoms with E-state index < -0.39 is 0 Å². The molecular weight excluding hydrogens is 224 g/mol. The molecule has 0 amide bonds. The lowest BCUT2D eigenvalue weighted by molar-refractivity contribution is 0.178. The summed E-state index contributed by atoms with van der Waals surface area (Å²) in [6, 6.07) is 2.21. The van der Waals surface area contributed by atoms with E-state index in [4.69, 9.17) is 11.6 Å². The normalized spacial score (nSPS) is 25.4. The van der Waals surface area contributed by atoms with Gasteiger partial charge in [-0.2, -0.15) is 0 Å². The predicted octanol–water partition coefficient (Wildman–Crippen LogP) is 2.70. The van der Waals surface area contributed by atoms with E-state index in [1.165, 1.54) is 12.8 Å². The van der Waals surface area contributed by atoms with Gasteiger partial charge in [0, 0.05) is 31.0 Å². The van der Waals surface area contributed by atoms with Crippen molar-refractivity contribution < 1.29 is 5.11 Å². The van der Waals surface area contributed by atoms with Crippen molar-refractivity contribution in [2.75, 3.05) is 11.9 Å². The van der Waals surface area contributed by atoms with Gasteiger partial charge in [0.15, 0.2) is 0 Å². The fraction of sp³-hybridized carbons (Fsp3) is 0.583. The maximum Gasteiger partial charge on any atom is 0.0820 e. The van der Waals surface area contributed by atoms with Crippen molar-refractivity contribution in [3.8, 4) is 0 Å². The molecule has 16 heavy (non-hydrogen) atoms. The summed E-state index contributed by atoms with van der Waals surface area (Å²) in [5.74, 6) is 0.345. The van der Waals surface area contributed by atoms with E-state index in [2.05, 4.69) is 10.3 Å². The summed E-state index contributed by atoms with van der Waals surface area (Å²) in [6.45, 7) is 0.250. The molecule has 0 spiro atoms. The second kappa shape index (κ2) is 5.51. The van der Waals surface area contributed by atoms with Crippen LogP contribution in [0.25, 0.3) is 0 Å². The fourth-order valence-corrected chi connectivity index (χ4v) is 2.48. The van der Waals surface area contributed by atoms with Gasteiger partial charge in [-0.1, -0.05) is 24.4 Å². The molecule has 0 saturated heterocycles. The zero-order valence-corrected chi connectivity index (χ0v) is 9.95. The first-order chi connectivity index (χ1) is 7.81. The Balaban J connectivity index is 2.05. The second-order valence-corrected chi connectivity index (χ2v) is 4.74. The van der Waals surface area contributed by atoms with Gasteiger partial charge in [-0.3, -0.25) is 4.98 Å². The average molecular weight is 241 g/mol. The van der Waals surface area contributed by atoms with Gasteiger partial charge in [-0.25, -0.2) is 0 Å². The third-order valence-corrected chi connectivity index (χ3v) is 3.56. The van der Waals surface area contributed by atoms with Crippen LogP contribution >= 0.6 is 11.6 Å². The molecule has 1 aliphatic carbocycles. The van der Waals surface area contributed by atoms with Gasteiger partial charge in [0.25, 0.3) is 0 Å². The van der Waals surface area contributed by atoms with Gasteiger partial charge in [0.1, 0.15) is 0 Å². The molecule has 0 aliphatic heterocycles. The summed E-state index contributed by atoms with van der Waals surface area (Å²) in [5.41, 5.74) is 0.919. The number of nitrogens with one attached hydrogen (secondary N) is 1. The lowest BCUT2D eigenvalue weighted by atomic mass is 9.85. The van der Waals surface area contributed by atoms with E-state index in [1.54, 1.807) is 12.4 Å². The molecule has 2 N–H and O–H groups in total. The maximum absolute atomic E-state index is 9.32. The van der Waals surface area contributed by atoms with Crippen molar-refractivity contribution in [2.45, 2.75) is 31.7 Å². The Morgan fingerprint density at radius 2 is 2.25 bits per heavy atom. The molecule has 0 radical (unpaired) electrons. The maximum atomic E-state index is 9.32. The number of aliphatic hydroxyl groups excluding tert-OH is 1. The Bertz CT molecular complexity index is 346. The van der Waals surface area contributed by atoms with Gasteiger partial charge < -0.3 is 10.4 Å². The highest BCUT2D eigenvalue weighted by Crippen LogP contribution is 2.29. The Morgan fingerprint density at radius 3 is 3.00 bits per heavy atom. The first-order valence-corrected chi connectivity index (χ1v) is 6.16. The molecular formula is C12H17ClN2O. The molecule has 2 unspecified atom stereocenters. The molecule has 1 aromatic heterocycles. The standard InChI is InChI=1S/C12H17ClN2O/c13-10-7-14-6-5-12(10)15-11-4-2-1-3-9(11)8-16/h5-7,9,11,16H,1-4,8H2,(H,14,15). The summed E-state index contributed by atoms with van der Waals surface area (Å²) in [4.78, 5) is 3.96. The van der Waals surface area contributed by atoms with Crippen molar-refractivity contribution in [3.63, 3.8) is 0 Å². The molecule has 1 heterocycles. The third-order valence-electron chi connectivity index (χ3n) is 3.26. The van der Waals surface area contributed by atoms with Crippen LogP contribution < -0.4 is 5.32 Å². The van der Waals surface area contributed by atoms with E-state index >= 15 is 0 Å². The molecule has 1 aromatic rings. The lowest BCUT2D eigenvalue weighted by Crippen LogP contribution is -2.34. The number of hydrogen-bond donors (Lipinski definition) is 2. The summed E-state index contributed by atoms with van der Waals surface area (Å²) >= 11 is 6.05. The minimum Gasteiger partial charge on any atom is -0.396 e. The molecule has 88 valence electrons. The van der Waals surface area contributed by atoms with Crippen LogP contribution in [0.2, 0.25) is 5.02 Å². The number of nitrogens with zero attached hydrogens (tertiary/aromatic N) is 1. The molecule has 1 aliphatic rings. The van der Waals surface area contributed by atoms with Crippen molar-refractivity contribution in [1.82, 2.24) is 4.98 Å². The minimum atomic E-state index is 0.250. The largest absolute Gasteiger partial charge is 0.396 e. The second-order valence-electron chi connectivity index (χ2n) is 4.33. The average Bonchev–Trinajstić information content (AvgIpc) is 2.33. The number of rotatable bonds is 3. The third kappa shape index (κ3) is 2.66. The quantitative estimate of drug-likeness (QED) is 0.854. The van der Waals surface area contributed by atoms with Gasteiger partial charge in [0.2, 0.25) is 0 Å². The monoisotopic (exact) mass is 240 g/mol. The Morgan fingerprint density at radius 1 is 1.44 bits per heavy atom. The van der Waals surface area contributed by atoms with Gasteiger partial charge in [0.05, 0.1) is 10.7 Å². The Labute approximate surface area is 101 Å². The molecule has 4 heteroatoms. The van der Waals surface area contributed by atoms with Gasteiger partial charge >= 0.3 is 0 Å². The first-order valence-electron chi connectivity index (χ1n) is 5.78. The van der Waals surface area contributed by atoms with Crippen molar-refractivity contribution in [1.29, 1.82) is 0 Å². The fourth-order valence-electron chi connectivity index (χ4n) is 2.31. The van der Waals surface area contributed by atoms with E-state index in [9.17, 15) is 5.11 Å². The Hall–Kier alpha value is -0.800. The number of pyridine rings is 1. The Kier molecular flexibility index (Phi) is 4.02. The lowest BCUT2D eigenvalue weighted by Gasteiger charge is -2.31. The highest BCUT2D eigenvalue weighted by Gasteiger charge is 2.24. The number of hydrogen-bond acceptors (Lipinski definition) is 3. The smallest absolute Gasteiger partial charge is 0.0820 e. The van der Waals surface area contributed by atoms with E-state index in [-0.39, 0.29) is 6.61 Å². The number of halogens is 1. The predicted molar refractivity (Wildman–Crippen MR) is 65.7 cm³/mol. The zero-order chi connectivity index (χ0) is 11.4. The molecule has 1 saturated carbocycles. The van der Waals surface area contributed by atoms with Crippen LogP contribution in [0.3, 0.4) is 0 Å². The minimum absolute atomic E-state index is 0.250. The van der Waals surface area contributed by atoms with Crippen LogP contribution in [0, 0.1) is 5.92 Å². The number of aliphatic hydroxyl groups is 1. The number of anilines is 1. The van der Waals surface area contributed by atoms with Crippen LogP contribution in [0.5, 0.6) is 0 Å². The molecule has 3 nitrogen and oxygen atoms in total. The van der Waals surface area contributed by atoms with Crippen LogP contribution in [0.4, 0.5) is 5.69 Å². The van der Waals surface area contributed by atoms with E-state index in [0.717, 1.165) is 18.5 Å². The summed E-state index contributed by atoms with van der Waals surface area (Å²) in [5, 5.41) is 13.4. The summed E-state index contributed by atoms with van der Waals surface area (Å²) in [6.07, 6.45) is 8.00. The highest BCUT2D eigenvalue weighted by molar-refractivity contribution is 6.33. The van der Waals surface area contributed by atoms with E-state index in [1.807, 2.05) is 6.07 Å². The number of aromatic nitrogens is 1. The van der Waals surface area contributed by atoms with Crippen molar-refractivity contribution in [2.24, 2.45) is 5.92 Å². The van der Waals surface area contributed by atoms with Crippen LogP contribution in [-0.4, -0.2) is 22.7 Å². The van der Waals surface area contributed by atoms with Crippen molar-refractivity contribution >= 4 is 17.3 Å². The molecule has 2 atom stereocenters. The summed E-state index contributed by atoms with van der Waals surface area (Å²) in [7, 11) is 0. The van der Waals surface area contributed by atoms with Crippen LogP contribution in [-0.2, 0) is 0 Å². The highest BCUT2D eigenvalue weighted by atomic mass is 35.5. The van der Waals surface area contributed by atoms with Gasteiger partial charge in [-0.05, 0) is 18.9 Å². The molecule has 2 rings (SSSR count). The zero-order valence-electron chi connectivity index (χ0n) is 9.19. The van der Waals surface area contributed by atoms with Gasteiger partial charge in [-0.15, -0.1) is 0 Å². The first kappa shape index (κ1) is 11.7. The van der Waals surface area contributed by atoms with E-state index in [0.29, 0.717) is 17.0 Å². The SMILES string of the molecule is OCC1CCCCC1Nc1ccncc1Cl. The van der Waals surface area contributed by atoms with Crippen LogP contribution in [0.1, 0.15) is 25.7 Å². The molecule has 1 fully saturated rings. The molecule has 0 bridgehead atoms. The summed E-state index contributed by atoms with van der Waals surface area (Å²) < 4.78 is 0. The van der Waals surface area contributed by atoms with Crippen LogP contribution in [0.15, 0.2) is 18.5 Å². The molecule has 0 aromatic carbocycles. The topological polar surface area (TPSA) is 45.1 Å². The van der Waals surface area contributed by atoms with Crippen molar-refractivity contribution in [3.05, 3.63) is 23.5 Å².